The van der Waals surface area contributed by atoms with Gasteiger partial charge in [-0.1, -0.05) is 0 Å². The zero-order chi connectivity index (χ0) is 19.0. The molecule has 146 valence electrons. The number of halogens is 2. The fraction of sp³-hybridized carbons (Fsp3) is 0.556. The third-order valence-corrected chi connectivity index (χ3v) is 5.29. The molecule has 2 amide bonds. The predicted octanol–water partition coefficient (Wildman–Crippen LogP) is 0.338. The lowest BCUT2D eigenvalue weighted by molar-refractivity contribution is -0.128. The molecule has 0 bridgehead atoms. The zero-order valence-corrected chi connectivity index (χ0v) is 14.8. The Morgan fingerprint density at radius 3 is 2.78 bits per heavy atom. The molecule has 3 heterocycles. The van der Waals surface area contributed by atoms with Crippen LogP contribution >= 0.6 is 0 Å². The maximum Gasteiger partial charge on any atom is 0.230 e. The van der Waals surface area contributed by atoms with Crippen molar-refractivity contribution in [3.8, 4) is 0 Å². The van der Waals surface area contributed by atoms with E-state index in [-0.39, 0.29) is 30.1 Å². The van der Waals surface area contributed by atoms with E-state index in [0.29, 0.717) is 38.2 Å². The molecular weight excluding hydrogens is 358 g/mol. The maximum absolute atomic E-state index is 13.9. The number of hydrogen-bond donors (Lipinski definition) is 2. The van der Waals surface area contributed by atoms with Crippen LogP contribution in [0.4, 0.5) is 14.5 Å². The highest BCUT2D eigenvalue weighted by Crippen LogP contribution is 2.31. The van der Waals surface area contributed by atoms with Crippen molar-refractivity contribution in [1.82, 2.24) is 15.5 Å². The summed E-state index contributed by atoms with van der Waals surface area (Å²) >= 11 is 0. The van der Waals surface area contributed by atoms with E-state index in [1.54, 1.807) is 0 Å². The number of carbonyl (C=O) groups excluding carboxylic acids is 2. The minimum Gasteiger partial charge on any atom is -0.379 e. The van der Waals surface area contributed by atoms with E-state index in [2.05, 4.69) is 15.5 Å². The van der Waals surface area contributed by atoms with Crippen molar-refractivity contribution < 1.29 is 23.1 Å². The highest BCUT2D eigenvalue weighted by Gasteiger charge is 2.34. The van der Waals surface area contributed by atoms with Gasteiger partial charge < -0.3 is 15.0 Å². The van der Waals surface area contributed by atoms with E-state index in [0.717, 1.165) is 19.2 Å². The van der Waals surface area contributed by atoms with Gasteiger partial charge in [-0.2, -0.15) is 0 Å². The number of morpholine rings is 1. The molecule has 2 unspecified atom stereocenters. The van der Waals surface area contributed by atoms with Gasteiger partial charge in [-0.25, -0.2) is 8.78 Å². The molecule has 1 aromatic carbocycles. The number of fused-ring (bicyclic) bond motifs is 1. The van der Waals surface area contributed by atoms with Crippen molar-refractivity contribution in [2.45, 2.75) is 31.6 Å². The lowest BCUT2D eigenvalue weighted by Crippen LogP contribution is -2.63. The number of ether oxygens (including phenoxy) is 1. The first-order valence-corrected chi connectivity index (χ1v) is 9.17. The first-order chi connectivity index (χ1) is 13.0. The Hall–Kier alpha value is -2.10. The number of carbonyl (C=O) groups is 2. The number of amides is 2. The molecule has 0 spiro atoms. The molecule has 1 aromatic rings. The molecule has 0 saturated carbocycles. The minimum atomic E-state index is -0.706. The summed E-state index contributed by atoms with van der Waals surface area (Å²) in [5.74, 6) is -1.74. The average Bonchev–Trinajstić information content (AvgIpc) is 3.06. The fourth-order valence-electron chi connectivity index (χ4n) is 3.96. The van der Waals surface area contributed by atoms with Crippen LogP contribution in [0.15, 0.2) is 12.1 Å². The van der Waals surface area contributed by atoms with Crippen molar-refractivity contribution in [3.05, 3.63) is 29.3 Å². The van der Waals surface area contributed by atoms with Crippen molar-refractivity contribution in [2.75, 3.05) is 37.7 Å². The van der Waals surface area contributed by atoms with Crippen LogP contribution in [0.3, 0.4) is 0 Å². The largest absolute Gasteiger partial charge is 0.379 e. The summed E-state index contributed by atoms with van der Waals surface area (Å²) in [6.45, 7) is 2.99. The molecule has 0 radical (unpaired) electrons. The van der Waals surface area contributed by atoms with Crippen molar-refractivity contribution >= 4 is 17.5 Å². The van der Waals surface area contributed by atoms with E-state index in [9.17, 15) is 18.4 Å². The molecule has 2 saturated heterocycles. The lowest BCUT2D eigenvalue weighted by Gasteiger charge is -2.40. The normalized spacial score (nSPS) is 26.0. The third kappa shape index (κ3) is 3.80. The number of anilines is 1. The summed E-state index contributed by atoms with van der Waals surface area (Å²) in [5, 5.41) is 6.08. The van der Waals surface area contributed by atoms with Crippen LogP contribution in [-0.2, 0) is 20.7 Å². The molecule has 27 heavy (non-hydrogen) atoms. The Labute approximate surface area is 155 Å². The number of benzene rings is 1. The molecule has 3 aliphatic rings. The first kappa shape index (κ1) is 18.3. The molecule has 2 fully saturated rings. The Balaban J connectivity index is 1.43. The van der Waals surface area contributed by atoms with Gasteiger partial charge in [0.1, 0.15) is 11.6 Å². The standard InChI is InChI=1S/C18H22F2N4O3/c19-11-7-13(20)12-1-2-24(14(12)8-11)18(26)9-15-21-16(10-17(25)22-15)23-3-5-27-6-4-23/h7-8,15-16,21H,1-6,9-10H2,(H,22,25). The quantitative estimate of drug-likeness (QED) is 0.791. The topological polar surface area (TPSA) is 73.9 Å². The molecule has 3 aliphatic heterocycles. The van der Waals surface area contributed by atoms with E-state index >= 15 is 0 Å². The van der Waals surface area contributed by atoms with Crippen LogP contribution in [0.25, 0.3) is 0 Å². The van der Waals surface area contributed by atoms with Gasteiger partial charge in [-0.05, 0) is 12.5 Å². The molecule has 2 N–H and O–H groups in total. The van der Waals surface area contributed by atoms with E-state index in [4.69, 9.17) is 4.74 Å². The van der Waals surface area contributed by atoms with Gasteiger partial charge in [0.25, 0.3) is 0 Å². The van der Waals surface area contributed by atoms with Crippen molar-refractivity contribution in [1.29, 1.82) is 0 Å². The lowest BCUT2D eigenvalue weighted by atomic mass is 10.1. The van der Waals surface area contributed by atoms with Gasteiger partial charge in [0, 0.05) is 31.3 Å². The monoisotopic (exact) mass is 380 g/mol. The number of nitrogens with one attached hydrogen (secondary N) is 2. The van der Waals surface area contributed by atoms with Gasteiger partial charge >= 0.3 is 0 Å². The molecule has 0 aliphatic carbocycles. The average molecular weight is 380 g/mol. The Kier molecular flexibility index (Phi) is 5.07. The van der Waals surface area contributed by atoms with Gasteiger partial charge in [0.15, 0.2) is 0 Å². The third-order valence-electron chi connectivity index (χ3n) is 5.29. The molecule has 0 aromatic heterocycles. The maximum atomic E-state index is 13.9. The number of rotatable bonds is 3. The highest BCUT2D eigenvalue weighted by atomic mass is 19.1. The summed E-state index contributed by atoms with van der Waals surface area (Å²) in [5.41, 5.74) is 0.640. The molecule has 9 heteroatoms. The minimum absolute atomic E-state index is 0.0180. The van der Waals surface area contributed by atoms with Crippen molar-refractivity contribution in [2.24, 2.45) is 0 Å². The van der Waals surface area contributed by atoms with E-state index in [1.165, 1.54) is 11.0 Å². The first-order valence-electron chi connectivity index (χ1n) is 9.17. The van der Waals surface area contributed by atoms with Crippen LogP contribution in [0.2, 0.25) is 0 Å². The second kappa shape index (κ2) is 7.49. The molecule has 4 rings (SSSR count). The second-order valence-corrected chi connectivity index (χ2v) is 7.04. The van der Waals surface area contributed by atoms with Crippen LogP contribution < -0.4 is 15.5 Å². The Morgan fingerprint density at radius 2 is 2.00 bits per heavy atom. The van der Waals surface area contributed by atoms with Crippen LogP contribution in [-0.4, -0.2) is 61.9 Å². The van der Waals surface area contributed by atoms with E-state index < -0.39 is 17.8 Å². The van der Waals surface area contributed by atoms with Gasteiger partial charge in [-0.15, -0.1) is 0 Å². The number of nitrogens with zero attached hydrogens (tertiary/aromatic N) is 2. The van der Waals surface area contributed by atoms with Crippen LogP contribution in [0.5, 0.6) is 0 Å². The summed E-state index contributed by atoms with van der Waals surface area (Å²) in [6, 6.07) is 2.02. The smallest absolute Gasteiger partial charge is 0.230 e. The zero-order valence-electron chi connectivity index (χ0n) is 14.8. The molecule has 2 atom stereocenters. The van der Waals surface area contributed by atoms with Crippen molar-refractivity contribution in [3.63, 3.8) is 0 Å². The van der Waals surface area contributed by atoms with Gasteiger partial charge in [0.2, 0.25) is 11.8 Å². The molecular formula is C18H22F2N4O3. The van der Waals surface area contributed by atoms with Crippen LogP contribution in [0, 0.1) is 11.6 Å². The van der Waals surface area contributed by atoms with E-state index in [1.807, 2.05) is 0 Å². The second-order valence-electron chi connectivity index (χ2n) is 7.04. The fourth-order valence-corrected chi connectivity index (χ4v) is 3.96. The summed E-state index contributed by atoms with van der Waals surface area (Å²) in [6.07, 6.45) is 0.0153. The number of hydrogen-bond acceptors (Lipinski definition) is 5. The van der Waals surface area contributed by atoms with Gasteiger partial charge in [-0.3, -0.25) is 19.8 Å². The predicted molar refractivity (Wildman–Crippen MR) is 92.9 cm³/mol. The SMILES string of the molecule is O=C1CC(N2CCOCC2)NC(CC(=O)N2CCc3c(F)cc(F)cc32)N1. The summed E-state index contributed by atoms with van der Waals surface area (Å²) < 4.78 is 32.8. The molecule has 7 nitrogen and oxygen atoms in total. The Bertz CT molecular complexity index is 754. The van der Waals surface area contributed by atoms with Crippen LogP contribution in [0.1, 0.15) is 18.4 Å². The van der Waals surface area contributed by atoms with Gasteiger partial charge in [0.05, 0.1) is 44.1 Å². The summed E-state index contributed by atoms with van der Waals surface area (Å²) in [7, 11) is 0. The Morgan fingerprint density at radius 1 is 1.22 bits per heavy atom. The summed E-state index contributed by atoms with van der Waals surface area (Å²) in [4.78, 5) is 28.4. The highest BCUT2D eigenvalue weighted by molar-refractivity contribution is 5.96.